The first-order chi connectivity index (χ1) is 14.6. The SMILES string of the molecule is N#C/C(C(=O)Nc1cccnc1)=C1\C(=O)N(Cc2ccccc2Cl)c2ccccc21. The molecule has 0 saturated carbocycles. The van der Waals surface area contributed by atoms with E-state index in [2.05, 4.69) is 10.3 Å². The Morgan fingerprint density at radius 1 is 1.10 bits per heavy atom. The molecule has 1 aliphatic heterocycles. The molecule has 0 radical (unpaired) electrons. The summed E-state index contributed by atoms with van der Waals surface area (Å²) in [6.07, 6.45) is 3.04. The van der Waals surface area contributed by atoms with Gasteiger partial charge in [-0.2, -0.15) is 5.26 Å². The molecule has 1 aliphatic rings. The lowest BCUT2D eigenvalue weighted by Gasteiger charge is -2.18. The summed E-state index contributed by atoms with van der Waals surface area (Å²) in [7, 11) is 0. The van der Waals surface area contributed by atoms with Crippen LogP contribution in [0.1, 0.15) is 11.1 Å². The third-order valence-corrected chi connectivity index (χ3v) is 5.09. The van der Waals surface area contributed by atoms with E-state index in [4.69, 9.17) is 11.6 Å². The van der Waals surface area contributed by atoms with Crippen LogP contribution in [0.2, 0.25) is 5.02 Å². The van der Waals surface area contributed by atoms with Crippen molar-refractivity contribution >= 4 is 40.4 Å². The van der Waals surface area contributed by atoms with Crippen LogP contribution in [0.25, 0.3) is 5.57 Å². The Morgan fingerprint density at radius 3 is 2.60 bits per heavy atom. The first-order valence-electron chi connectivity index (χ1n) is 9.10. The number of rotatable bonds is 4. The molecule has 1 N–H and O–H groups in total. The molecule has 0 aliphatic carbocycles. The fourth-order valence-corrected chi connectivity index (χ4v) is 3.52. The molecule has 6 nitrogen and oxygen atoms in total. The molecule has 146 valence electrons. The van der Waals surface area contributed by atoms with Crippen LogP contribution in [-0.2, 0) is 16.1 Å². The summed E-state index contributed by atoms with van der Waals surface area (Å²) in [5.41, 5.74) is 2.18. The number of halogens is 1. The number of nitrogens with zero attached hydrogens (tertiary/aromatic N) is 3. The lowest BCUT2D eigenvalue weighted by molar-refractivity contribution is -0.114. The lowest BCUT2D eigenvalue weighted by Crippen LogP contribution is -2.27. The van der Waals surface area contributed by atoms with Crippen molar-refractivity contribution in [2.75, 3.05) is 10.2 Å². The van der Waals surface area contributed by atoms with Crippen molar-refractivity contribution < 1.29 is 9.59 Å². The number of carbonyl (C=O) groups excluding carboxylic acids is 2. The fraction of sp³-hybridized carbons (Fsp3) is 0.0435. The molecule has 0 saturated heterocycles. The average Bonchev–Trinajstić information content (AvgIpc) is 3.03. The molecular formula is C23H15ClN4O2. The maximum atomic E-state index is 13.3. The lowest BCUT2D eigenvalue weighted by atomic mass is 10.0. The van der Waals surface area contributed by atoms with Gasteiger partial charge in [0.2, 0.25) is 0 Å². The van der Waals surface area contributed by atoms with Crippen LogP contribution in [0.15, 0.2) is 78.6 Å². The predicted octanol–water partition coefficient (Wildman–Crippen LogP) is 4.20. The molecule has 0 fully saturated rings. The van der Waals surface area contributed by atoms with Gasteiger partial charge in [-0.3, -0.25) is 14.6 Å². The van der Waals surface area contributed by atoms with Gasteiger partial charge in [-0.05, 0) is 29.8 Å². The highest BCUT2D eigenvalue weighted by molar-refractivity contribution is 6.38. The van der Waals surface area contributed by atoms with Crippen LogP contribution in [-0.4, -0.2) is 16.8 Å². The summed E-state index contributed by atoms with van der Waals surface area (Å²) in [6.45, 7) is 0.224. The first-order valence-corrected chi connectivity index (χ1v) is 9.48. The highest BCUT2D eigenvalue weighted by Crippen LogP contribution is 2.39. The van der Waals surface area contributed by atoms with Crippen molar-refractivity contribution in [3.8, 4) is 6.07 Å². The number of carbonyl (C=O) groups is 2. The molecular weight excluding hydrogens is 400 g/mol. The number of benzene rings is 2. The Balaban J connectivity index is 1.76. The topological polar surface area (TPSA) is 86.1 Å². The van der Waals surface area contributed by atoms with E-state index < -0.39 is 11.8 Å². The van der Waals surface area contributed by atoms with Crippen molar-refractivity contribution in [3.05, 3.63) is 94.8 Å². The van der Waals surface area contributed by atoms with Crippen molar-refractivity contribution in [3.63, 3.8) is 0 Å². The Bertz CT molecular complexity index is 1220. The molecule has 0 spiro atoms. The molecule has 0 bridgehead atoms. The Hall–Kier alpha value is -3.95. The molecule has 3 aromatic rings. The molecule has 2 aromatic carbocycles. The summed E-state index contributed by atoms with van der Waals surface area (Å²) < 4.78 is 0. The zero-order chi connectivity index (χ0) is 21.1. The number of hydrogen-bond donors (Lipinski definition) is 1. The van der Waals surface area contributed by atoms with E-state index in [1.807, 2.05) is 24.3 Å². The maximum Gasteiger partial charge on any atom is 0.267 e. The summed E-state index contributed by atoms with van der Waals surface area (Å²) >= 11 is 6.27. The van der Waals surface area contributed by atoms with Gasteiger partial charge in [0.1, 0.15) is 11.6 Å². The van der Waals surface area contributed by atoms with E-state index in [1.165, 1.54) is 11.1 Å². The number of nitrogens with one attached hydrogen (secondary N) is 1. The molecule has 4 rings (SSSR count). The van der Waals surface area contributed by atoms with Crippen molar-refractivity contribution in [2.45, 2.75) is 6.54 Å². The zero-order valence-corrected chi connectivity index (χ0v) is 16.4. The van der Waals surface area contributed by atoms with Crippen LogP contribution in [0.5, 0.6) is 0 Å². The molecule has 30 heavy (non-hydrogen) atoms. The number of amides is 2. The monoisotopic (exact) mass is 414 g/mol. The van der Waals surface area contributed by atoms with E-state index in [0.717, 1.165) is 5.56 Å². The summed E-state index contributed by atoms with van der Waals surface area (Å²) in [5, 5.41) is 12.9. The summed E-state index contributed by atoms with van der Waals surface area (Å²) in [4.78, 5) is 31.6. The van der Waals surface area contributed by atoms with Gasteiger partial charge in [-0.15, -0.1) is 0 Å². The third kappa shape index (κ3) is 3.54. The first kappa shape index (κ1) is 19.4. The minimum Gasteiger partial charge on any atom is -0.320 e. The average molecular weight is 415 g/mol. The van der Waals surface area contributed by atoms with Crippen LogP contribution < -0.4 is 10.2 Å². The number of para-hydroxylation sites is 1. The Kier molecular flexibility index (Phi) is 5.29. The van der Waals surface area contributed by atoms with E-state index >= 15 is 0 Å². The Morgan fingerprint density at radius 2 is 1.87 bits per heavy atom. The quantitative estimate of drug-likeness (QED) is 0.512. The minimum absolute atomic E-state index is 0.0709. The molecule has 0 atom stereocenters. The second kappa shape index (κ2) is 8.19. The van der Waals surface area contributed by atoms with Gasteiger partial charge < -0.3 is 10.2 Å². The van der Waals surface area contributed by atoms with Gasteiger partial charge in [-0.1, -0.05) is 48.0 Å². The summed E-state index contributed by atoms with van der Waals surface area (Å²) in [5.74, 6) is -1.09. The zero-order valence-electron chi connectivity index (χ0n) is 15.7. The highest BCUT2D eigenvalue weighted by Gasteiger charge is 2.36. The molecule has 2 heterocycles. The van der Waals surface area contributed by atoms with Gasteiger partial charge in [0.15, 0.2) is 0 Å². The number of nitriles is 1. The van der Waals surface area contributed by atoms with Gasteiger partial charge in [0, 0.05) is 16.8 Å². The van der Waals surface area contributed by atoms with Crippen molar-refractivity contribution in [2.24, 2.45) is 0 Å². The van der Waals surface area contributed by atoms with Crippen LogP contribution in [0, 0.1) is 11.3 Å². The predicted molar refractivity (Wildman–Crippen MR) is 114 cm³/mol. The van der Waals surface area contributed by atoms with Gasteiger partial charge >= 0.3 is 0 Å². The van der Waals surface area contributed by atoms with Gasteiger partial charge in [-0.25, -0.2) is 0 Å². The maximum absolute atomic E-state index is 13.3. The van der Waals surface area contributed by atoms with Crippen LogP contribution in [0.3, 0.4) is 0 Å². The van der Waals surface area contributed by atoms with E-state index in [1.54, 1.807) is 48.7 Å². The Labute approximate surface area is 178 Å². The molecule has 2 amide bonds. The fourth-order valence-electron chi connectivity index (χ4n) is 3.33. The highest BCUT2D eigenvalue weighted by atomic mass is 35.5. The van der Waals surface area contributed by atoms with Crippen LogP contribution in [0.4, 0.5) is 11.4 Å². The molecule has 1 aromatic heterocycles. The van der Waals surface area contributed by atoms with Crippen molar-refractivity contribution in [1.82, 2.24) is 4.98 Å². The van der Waals surface area contributed by atoms with E-state index in [-0.39, 0.29) is 17.7 Å². The largest absolute Gasteiger partial charge is 0.320 e. The number of anilines is 2. The third-order valence-electron chi connectivity index (χ3n) is 4.72. The number of aromatic nitrogens is 1. The standard InChI is InChI=1S/C23H15ClN4O2/c24-19-9-3-1-6-15(19)14-28-20-10-4-2-8-17(20)21(23(28)30)18(12-25)22(29)27-16-7-5-11-26-13-16/h1-11,13H,14H2,(H,27,29)/b21-18+. The molecule has 0 unspecified atom stereocenters. The summed E-state index contributed by atoms with van der Waals surface area (Å²) in [6, 6.07) is 19.5. The number of hydrogen-bond acceptors (Lipinski definition) is 4. The van der Waals surface area contributed by atoms with E-state index in [9.17, 15) is 14.9 Å². The second-order valence-corrected chi connectivity index (χ2v) is 6.96. The van der Waals surface area contributed by atoms with E-state index in [0.29, 0.717) is 22.0 Å². The van der Waals surface area contributed by atoms with Crippen molar-refractivity contribution in [1.29, 1.82) is 5.26 Å². The minimum atomic E-state index is -0.664. The normalized spacial score (nSPS) is 14.1. The number of pyridine rings is 1. The van der Waals surface area contributed by atoms with Crippen LogP contribution >= 0.6 is 11.6 Å². The van der Waals surface area contributed by atoms with Gasteiger partial charge in [0.05, 0.1) is 29.7 Å². The second-order valence-electron chi connectivity index (χ2n) is 6.56. The van der Waals surface area contributed by atoms with Gasteiger partial charge in [0.25, 0.3) is 11.8 Å². The smallest absolute Gasteiger partial charge is 0.267 e. The number of fused-ring (bicyclic) bond motifs is 1. The molecule has 7 heteroatoms.